The second-order valence-electron chi connectivity index (χ2n) is 5.64. The van der Waals surface area contributed by atoms with Crippen LogP contribution in [0.2, 0.25) is 0 Å². The summed E-state index contributed by atoms with van der Waals surface area (Å²) >= 11 is 0. The van der Waals surface area contributed by atoms with Gasteiger partial charge in [-0.1, -0.05) is 6.92 Å². The van der Waals surface area contributed by atoms with E-state index >= 15 is 0 Å². The molecule has 1 unspecified atom stereocenters. The summed E-state index contributed by atoms with van der Waals surface area (Å²) in [7, 11) is -3.13. The van der Waals surface area contributed by atoms with E-state index in [1.54, 1.807) is 0 Å². The zero-order valence-electron chi connectivity index (χ0n) is 12.9. The predicted molar refractivity (Wildman–Crippen MR) is 87.1 cm³/mol. The van der Waals surface area contributed by atoms with Gasteiger partial charge in [0.2, 0.25) is 15.9 Å². The summed E-state index contributed by atoms with van der Waals surface area (Å²) in [6.45, 7) is 5.12. The number of sulfonamides is 1. The monoisotopic (exact) mass is 341 g/mol. The molecule has 1 aliphatic heterocycles. The lowest BCUT2D eigenvalue weighted by atomic mass is 9.84. The van der Waals surface area contributed by atoms with Crippen LogP contribution in [0.4, 0.5) is 0 Å². The van der Waals surface area contributed by atoms with E-state index in [0.29, 0.717) is 37.8 Å². The Kier molecular flexibility index (Phi) is 10.2. The largest absolute Gasteiger partial charge is 0.356 e. The Labute approximate surface area is 134 Å². The molecule has 0 spiro atoms. The molecule has 0 bridgehead atoms. The maximum Gasteiger partial charge on any atom is 0.220 e. The maximum absolute atomic E-state index is 11.8. The van der Waals surface area contributed by atoms with E-state index in [9.17, 15) is 13.2 Å². The zero-order chi connectivity index (χ0) is 15.0. The molecular formula is C13H28ClN3O3S. The summed E-state index contributed by atoms with van der Waals surface area (Å²) in [4.78, 5) is 11.8. The van der Waals surface area contributed by atoms with Crippen molar-refractivity contribution in [1.29, 1.82) is 0 Å². The summed E-state index contributed by atoms with van der Waals surface area (Å²) in [6, 6.07) is 0. The number of carbonyl (C=O) groups is 1. The van der Waals surface area contributed by atoms with Crippen molar-refractivity contribution in [2.75, 3.05) is 32.4 Å². The Balaban J connectivity index is 0.00000400. The van der Waals surface area contributed by atoms with Gasteiger partial charge in [0.15, 0.2) is 0 Å². The minimum absolute atomic E-state index is 0. The van der Waals surface area contributed by atoms with Crippen LogP contribution in [0.25, 0.3) is 0 Å². The van der Waals surface area contributed by atoms with Crippen LogP contribution in [-0.4, -0.2) is 46.8 Å². The van der Waals surface area contributed by atoms with Crippen LogP contribution in [0.5, 0.6) is 0 Å². The van der Waals surface area contributed by atoms with E-state index in [1.807, 2.05) is 0 Å². The predicted octanol–water partition coefficient (Wildman–Crippen LogP) is 0.490. The van der Waals surface area contributed by atoms with Crippen LogP contribution in [0, 0.1) is 11.8 Å². The molecule has 0 aromatic rings. The lowest BCUT2D eigenvalue weighted by molar-refractivity contribution is -0.122. The zero-order valence-corrected chi connectivity index (χ0v) is 14.5. The molecule has 0 aromatic heterocycles. The van der Waals surface area contributed by atoms with Gasteiger partial charge in [-0.3, -0.25) is 4.79 Å². The van der Waals surface area contributed by atoms with Crippen molar-refractivity contribution in [3.63, 3.8) is 0 Å². The number of rotatable bonds is 8. The molecule has 6 nitrogen and oxygen atoms in total. The number of piperidine rings is 1. The molecule has 0 aliphatic carbocycles. The first kappa shape index (κ1) is 20.6. The molecule has 1 heterocycles. The van der Waals surface area contributed by atoms with Crippen molar-refractivity contribution in [3.8, 4) is 0 Å². The van der Waals surface area contributed by atoms with E-state index in [-0.39, 0.29) is 18.3 Å². The van der Waals surface area contributed by atoms with E-state index < -0.39 is 10.0 Å². The van der Waals surface area contributed by atoms with E-state index in [0.717, 1.165) is 32.2 Å². The molecule has 0 saturated carbocycles. The molecule has 0 radical (unpaired) electrons. The van der Waals surface area contributed by atoms with Gasteiger partial charge in [-0.2, -0.15) is 0 Å². The van der Waals surface area contributed by atoms with E-state index in [1.165, 1.54) is 0 Å². The Hall–Kier alpha value is -0.370. The molecule has 126 valence electrons. The van der Waals surface area contributed by atoms with Crippen molar-refractivity contribution in [3.05, 3.63) is 0 Å². The molecule has 1 fully saturated rings. The maximum atomic E-state index is 11.8. The third kappa shape index (κ3) is 10.1. The molecule has 0 aromatic carbocycles. The van der Waals surface area contributed by atoms with Gasteiger partial charge < -0.3 is 10.6 Å². The lowest BCUT2D eigenvalue weighted by Crippen LogP contribution is -2.34. The normalized spacial score (nSPS) is 17.8. The van der Waals surface area contributed by atoms with Crippen LogP contribution in [0.15, 0.2) is 0 Å². The van der Waals surface area contributed by atoms with Crippen molar-refractivity contribution in [2.45, 2.75) is 32.6 Å². The number of hydrogen-bond acceptors (Lipinski definition) is 4. The van der Waals surface area contributed by atoms with Gasteiger partial charge in [-0.15, -0.1) is 12.4 Å². The molecule has 1 atom stereocenters. The number of nitrogens with one attached hydrogen (secondary N) is 3. The quantitative estimate of drug-likeness (QED) is 0.561. The smallest absolute Gasteiger partial charge is 0.220 e. The number of hydrogen-bond donors (Lipinski definition) is 3. The fraction of sp³-hybridized carbons (Fsp3) is 0.923. The van der Waals surface area contributed by atoms with Crippen LogP contribution in [-0.2, 0) is 14.8 Å². The summed E-state index contributed by atoms with van der Waals surface area (Å²) < 4.78 is 24.1. The van der Waals surface area contributed by atoms with E-state index in [2.05, 4.69) is 22.3 Å². The van der Waals surface area contributed by atoms with Crippen molar-refractivity contribution in [1.82, 2.24) is 15.4 Å². The number of carbonyl (C=O) groups excluding carboxylic acids is 1. The Morgan fingerprint density at radius 2 is 1.90 bits per heavy atom. The molecule has 3 N–H and O–H groups in total. The third-order valence-corrected chi connectivity index (χ3v) is 4.46. The standard InChI is InChI=1S/C13H27N3O3S.ClH/c1-11(12-4-8-14-9-5-12)10-13(17)15-6-3-7-16-20(2,18)19;/h11-12,14,16H,3-10H2,1-2H3,(H,15,17);1H. The molecule has 8 heteroatoms. The highest BCUT2D eigenvalue weighted by molar-refractivity contribution is 7.88. The minimum atomic E-state index is -3.13. The summed E-state index contributed by atoms with van der Waals surface area (Å²) in [5.74, 6) is 1.11. The highest BCUT2D eigenvalue weighted by Crippen LogP contribution is 2.23. The van der Waals surface area contributed by atoms with Gasteiger partial charge in [0.1, 0.15) is 0 Å². The minimum Gasteiger partial charge on any atom is -0.356 e. The van der Waals surface area contributed by atoms with Gasteiger partial charge in [0, 0.05) is 19.5 Å². The molecule has 1 saturated heterocycles. The van der Waals surface area contributed by atoms with Gasteiger partial charge in [0.25, 0.3) is 0 Å². The highest BCUT2D eigenvalue weighted by atomic mass is 35.5. The molecule has 21 heavy (non-hydrogen) atoms. The van der Waals surface area contributed by atoms with Crippen LogP contribution in [0.1, 0.15) is 32.6 Å². The average Bonchev–Trinajstić information content (AvgIpc) is 2.38. The SMILES string of the molecule is CC(CC(=O)NCCCNS(C)(=O)=O)C1CCNCC1.Cl. The van der Waals surface area contributed by atoms with Crippen molar-refractivity contribution < 1.29 is 13.2 Å². The Morgan fingerprint density at radius 3 is 2.48 bits per heavy atom. The molecule has 1 aliphatic rings. The van der Waals surface area contributed by atoms with Crippen LogP contribution >= 0.6 is 12.4 Å². The van der Waals surface area contributed by atoms with Crippen LogP contribution in [0.3, 0.4) is 0 Å². The van der Waals surface area contributed by atoms with Crippen LogP contribution < -0.4 is 15.4 Å². The molecule has 1 amide bonds. The lowest BCUT2D eigenvalue weighted by Gasteiger charge is -2.27. The van der Waals surface area contributed by atoms with Gasteiger partial charge in [-0.25, -0.2) is 13.1 Å². The fourth-order valence-electron chi connectivity index (χ4n) is 2.52. The molecular weight excluding hydrogens is 314 g/mol. The summed E-state index contributed by atoms with van der Waals surface area (Å²) in [5, 5.41) is 6.18. The van der Waals surface area contributed by atoms with Gasteiger partial charge in [0.05, 0.1) is 6.26 Å². The highest BCUT2D eigenvalue weighted by Gasteiger charge is 2.21. The Morgan fingerprint density at radius 1 is 1.29 bits per heavy atom. The van der Waals surface area contributed by atoms with Gasteiger partial charge in [-0.05, 0) is 44.2 Å². The second kappa shape index (κ2) is 10.4. The molecule has 1 rings (SSSR count). The van der Waals surface area contributed by atoms with Crippen molar-refractivity contribution >= 4 is 28.3 Å². The summed E-state index contributed by atoms with van der Waals surface area (Å²) in [5.41, 5.74) is 0. The second-order valence-corrected chi connectivity index (χ2v) is 7.47. The van der Waals surface area contributed by atoms with Crippen molar-refractivity contribution in [2.24, 2.45) is 11.8 Å². The number of amides is 1. The first-order valence-corrected chi connectivity index (χ1v) is 9.19. The average molecular weight is 342 g/mol. The first-order chi connectivity index (χ1) is 9.38. The number of halogens is 1. The van der Waals surface area contributed by atoms with E-state index in [4.69, 9.17) is 0 Å². The Bertz CT molecular complexity index is 397. The fourth-order valence-corrected chi connectivity index (χ4v) is 3.03. The third-order valence-electron chi connectivity index (χ3n) is 3.74. The first-order valence-electron chi connectivity index (χ1n) is 7.30. The summed E-state index contributed by atoms with van der Waals surface area (Å²) in [6.07, 6.45) is 4.59. The topological polar surface area (TPSA) is 87.3 Å². The van der Waals surface area contributed by atoms with Gasteiger partial charge >= 0.3 is 0 Å².